The van der Waals surface area contributed by atoms with E-state index in [0.29, 0.717) is 34.1 Å². The quantitative estimate of drug-likeness (QED) is 0.0943. The van der Waals surface area contributed by atoms with Crippen LogP contribution >= 0.6 is 11.8 Å². The molecule has 0 aliphatic rings. The van der Waals surface area contributed by atoms with Gasteiger partial charge in [0.05, 0.1) is 0 Å². The van der Waals surface area contributed by atoms with Crippen LogP contribution in [-0.4, -0.2) is 16.9 Å². The molecule has 43 heavy (non-hydrogen) atoms. The maximum Gasteiger partial charge on any atom is 0.340 e. The summed E-state index contributed by atoms with van der Waals surface area (Å²) in [6, 6.07) is 30.2. The predicted molar refractivity (Wildman–Crippen MR) is 171 cm³/mol. The summed E-state index contributed by atoms with van der Waals surface area (Å²) in [7, 11) is 0. The number of aromatic hydroxyl groups is 1. The third kappa shape index (κ3) is 7.61. The molecule has 0 atom stereocenters. The van der Waals surface area contributed by atoms with Crippen molar-refractivity contribution < 1.29 is 19.1 Å². The SMILES string of the molecule is CC(C)c1ccc(/C=C(\NC(=O)c2ccccc2)C(=O)Nc2ccc(SCc3cc4ccc(O)cc4oc3=O)cc2)cc1. The number of phenolic OH excluding ortho intramolecular Hbond substituents is 1. The van der Waals surface area contributed by atoms with E-state index in [2.05, 4.69) is 24.5 Å². The zero-order valence-electron chi connectivity index (χ0n) is 23.7. The van der Waals surface area contributed by atoms with Gasteiger partial charge < -0.3 is 20.2 Å². The van der Waals surface area contributed by atoms with Crippen LogP contribution < -0.4 is 16.3 Å². The van der Waals surface area contributed by atoms with Crippen LogP contribution in [0.3, 0.4) is 0 Å². The molecule has 0 bridgehead atoms. The molecule has 8 heteroatoms. The summed E-state index contributed by atoms with van der Waals surface area (Å²) < 4.78 is 5.35. The van der Waals surface area contributed by atoms with E-state index >= 15 is 0 Å². The van der Waals surface area contributed by atoms with Crippen molar-refractivity contribution in [1.29, 1.82) is 0 Å². The van der Waals surface area contributed by atoms with Gasteiger partial charge in [-0.2, -0.15) is 0 Å². The zero-order valence-corrected chi connectivity index (χ0v) is 24.5. The summed E-state index contributed by atoms with van der Waals surface area (Å²) >= 11 is 1.45. The van der Waals surface area contributed by atoms with Crippen molar-refractivity contribution in [3.8, 4) is 5.75 Å². The van der Waals surface area contributed by atoms with Crippen molar-refractivity contribution in [3.63, 3.8) is 0 Å². The number of carbonyl (C=O) groups is 2. The maximum absolute atomic E-state index is 13.4. The lowest BCUT2D eigenvalue weighted by Gasteiger charge is -2.12. The van der Waals surface area contributed by atoms with Gasteiger partial charge in [0.15, 0.2) is 0 Å². The number of anilines is 1. The molecule has 3 N–H and O–H groups in total. The minimum atomic E-state index is -0.461. The molecular formula is C35H30N2O5S. The standard InChI is InChI=1S/C35H30N2O5S/c1-22(2)24-10-8-23(9-11-24)18-31(37-33(39)25-6-4-3-5-7-25)34(40)36-28-13-16-30(17-14-28)43-21-27-19-26-12-15-29(38)20-32(26)42-35(27)41/h3-20,22,38H,21H2,1-2H3,(H,36,40)(H,37,39)/b31-18-. The Labute approximate surface area is 253 Å². The highest BCUT2D eigenvalue weighted by atomic mass is 32.2. The summed E-state index contributed by atoms with van der Waals surface area (Å²) in [6.07, 6.45) is 1.65. The van der Waals surface area contributed by atoms with Gasteiger partial charge in [-0.3, -0.25) is 9.59 Å². The Morgan fingerprint density at radius 3 is 2.33 bits per heavy atom. The molecule has 216 valence electrons. The zero-order chi connectivity index (χ0) is 30.3. The van der Waals surface area contributed by atoms with Crippen LogP contribution in [0, 0.1) is 0 Å². The molecule has 0 unspecified atom stereocenters. The summed E-state index contributed by atoms with van der Waals surface area (Å²) in [4.78, 5) is 39.6. The minimum absolute atomic E-state index is 0.0337. The monoisotopic (exact) mass is 590 g/mol. The fourth-order valence-electron chi connectivity index (χ4n) is 4.32. The van der Waals surface area contributed by atoms with Crippen LogP contribution in [0.2, 0.25) is 0 Å². The fourth-order valence-corrected chi connectivity index (χ4v) is 5.18. The van der Waals surface area contributed by atoms with Crippen LogP contribution in [0.4, 0.5) is 5.69 Å². The molecule has 1 heterocycles. The van der Waals surface area contributed by atoms with Crippen LogP contribution in [0.15, 0.2) is 123 Å². The molecule has 7 nitrogen and oxygen atoms in total. The third-order valence-corrected chi connectivity index (χ3v) is 7.80. The first-order chi connectivity index (χ1) is 20.7. The van der Waals surface area contributed by atoms with Crippen LogP contribution in [0.25, 0.3) is 17.0 Å². The number of thioether (sulfide) groups is 1. The first kappa shape index (κ1) is 29.4. The number of hydrogen-bond donors (Lipinski definition) is 3. The van der Waals surface area contributed by atoms with Gasteiger partial charge in [-0.1, -0.05) is 56.3 Å². The molecule has 0 saturated heterocycles. The summed E-state index contributed by atoms with van der Waals surface area (Å²) in [5.41, 5.74) is 3.45. The Morgan fingerprint density at radius 1 is 0.907 bits per heavy atom. The Morgan fingerprint density at radius 2 is 1.63 bits per heavy atom. The first-order valence-electron chi connectivity index (χ1n) is 13.7. The van der Waals surface area contributed by atoms with Crippen molar-refractivity contribution >= 4 is 46.3 Å². The largest absolute Gasteiger partial charge is 0.508 e. The number of nitrogens with one attached hydrogen (secondary N) is 2. The van der Waals surface area contributed by atoms with Crippen molar-refractivity contribution in [2.75, 3.05) is 5.32 Å². The van der Waals surface area contributed by atoms with Crippen LogP contribution in [0.5, 0.6) is 5.75 Å². The van der Waals surface area contributed by atoms with Gasteiger partial charge in [0, 0.05) is 38.9 Å². The number of amides is 2. The molecule has 0 fully saturated rings. The summed E-state index contributed by atoms with van der Waals surface area (Å²) in [5.74, 6) is -0.0507. The Hall–Kier alpha value is -5.08. The highest BCUT2D eigenvalue weighted by Crippen LogP contribution is 2.26. The second-order valence-electron chi connectivity index (χ2n) is 10.2. The number of benzene rings is 4. The minimum Gasteiger partial charge on any atom is -0.508 e. The fraction of sp³-hybridized carbons (Fsp3) is 0.114. The Bertz CT molecular complexity index is 1840. The van der Waals surface area contributed by atoms with E-state index in [0.717, 1.165) is 15.8 Å². The number of hydrogen-bond acceptors (Lipinski definition) is 6. The second kappa shape index (κ2) is 13.3. The molecule has 0 spiro atoms. The highest BCUT2D eigenvalue weighted by molar-refractivity contribution is 7.98. The van der Waals surface area contributed by atoms with Crippen molar-refractivity contribution in [3.05, 3.63) is 141 Å². The molecule has 0 aliphatic heterocycles. The van der Waals surface area contributed by atoms with E-state index in [9.17, 15) is 19.5 Å². The predicted octanol–water partition coefficient (Wildman–Crippen LogP) is 7.32. The molecule has 5 aromatic rings. The van der Waals surface area contributed by atoms with Crippen molar-refractivity contribution in [2.45, 2.75) is 30.4 Å². The number of carbonyl (C=O) groups excluding carboxylic acids is 2. The third-order valence-electron chi connectivity index (χ3n) is 6.74. The van der Waals surface area contributed by atoms with Gasteiger partial charge in [-0.05, 0) is 77.7 Å². The Balaban J connectivity index is 1.29. The van der Waals surface area contributed by atoms with Gasteiger partial charge in [-0.25, -0.2) is 4.79 Å². The average Bonchev–Trinajstić information content (AvgIpc) is 3.01. The average molecular weight is 591 g/mol. The molecule has 4 aromatic carbocycles. The van der Waals surface area contributed by atoms with Crippen LogP contribution in [0.1, 0.15) is 46.8 Å². The summed E-state index contributed by atoms with van der Waals surface area (Å²) in [6.45, 7) is 4.22. The molecule has 1 aromatic heterocycles. The first-order valence-corrected chi connectivity index (χ1v) is 14.7. The van der Waals surface area contributed by atoms with E-state index in [1.165, 1.54) is 23.4 Å². The van der Waals surface area contributed by atoms with Gasteiger partial charge in [0.2, 0.25) is 0 Å². The molecule has 5 rings (SSSR count). The molecule has 2 amide bonds. The van der Waals surface area contributed by atoms with E-state index in [4.69, 9.17) is 4.42 Å². The second-order valence-corrected chi connectivity index (χ2v) is 11.3. The molecule has 0 aliphatic carbocycles. The van der Waals surface area contributed by atoms with E-state index in [1.54, 1.807) is 60.7 Å². The lowest BCUT2D eigenvalue weighted by Crippen LogP contribution is -2.30. The smallest absolute Gasteiger partial charge is 0.340 e. The number of fused-ring (bicyclic) bond motifs is 1. The van der Waals surface area contributed by atoms with Crippen molar-refractivity contribution in [1.82, 2.24) is 5.32 Å². The maximum atomic E-state index is 13.4. The Kier molecular flexibility index (Phi) is 9.08. The summed E-state index contributed by atoms with van der Waals surface area (Å²) in [5, 5.41) is 16.0. The lowest BCUT2D eigenvalue weighted by atomic mass is 10.0. The number of rotatable bonds is 9. The molecule has 0 radical (unpaired) electrons. The number of phenols is 1. The topological polar surface area (TPSA) is 109 Å². The normalized spacial score (nSPS) is 11.5. The van der Waals surface area contributed by atoms with E-state index in [-0.39, 0.29) is 17.4 Å². The van der Waals surface area contributed by atoms with E-state index < -0.39 is 11.5 Å². The van der Waals surface area contributed by atoms with Gasteiger partial charge in [-0.15, -0.1) is 11.8 Å². The highest BCUT2D eigenvalue weighted by Gasteiger charge is 2.15. The van der Waals surface area contributed by atoms with Gasteiger partial charge in [0.25, 0.3) is 11.8 Å². The van der Waals surface area contributed by atoms with Crippen LogP contribution in [-0.2, 0) is 10.5 Å². The molecule has 0 saturated carbocycles. The van der Waals surface area contributed by atoms with Gasteiger partial charge in [0.1, 0.15) is 17.0 Å². The van der Waals surface area contributed by atoms with E-state index in [1.807, 2.05) is 42.5 Å². The van der Waals surface area contributed by atoms with Crippen molar-refractivity contribution in [2.24, 2.45) is 0 Å². The molecular weight excluding hydrogens is 560 g/mol. The van der Waals surface area contributed by atoms with Gasteiger partial charge >= 0.3 is 5.63 Å². The lowest BCUT2D eigenvalue weighted by molar-refractivity contribution is -0.113.